The zero-order chi connectivity index (χ0) is 13.6. The van der Waals surface area contributed by atoms with E-state index < -0.39 is 0 Å². The number of nitrogens with zero attached hydrogens (tertiary/aromatic N) is 2. The van der Waals surface area contributed by atoms with Crippen LogP contribution in [0, 0.1) is 0 Å². The van der Waals surface area contributed by atoms with E-state index in [0.717, 1.165) is 38.6 Å². The lowest BCUT2D eigenvalue weighted by Crippen LogP contribution is -2.57. The fourth-order valence-corrected chi connectivity index (χ4v) is 3.19. The third kappa shape index (κ3) is 3.83. The number of nitrogens with one attached hydrogen (secondary N) is 2. The molecule has 0 aromatic carbocycles. The number of guanidine groups is 1. The molecule has 5 nitrogen and oxygen atoms in total. The van der Waals surface area contributed by atoms with Crippen LogP contribution in [0.3, 0.4) is 0 Å². The van der Waals surface area contributed by atoms with Crippen molar-refractivity contribution in [1.82, 2.24) is 15.5 Å². The topological polar surface area (TPSA) is 59.9 Å². The summed E-state index contributed by atoms with van der Waals surface area (Å²) in [5, 5.41) is 16.0. The number of β-amino-alcohol motifs (C(OH)–C–C–N with tert-alkyl or cyclic N) is 1. The van der Waals surface area contributed by atoms with E-state index in [1.165, 1.54) is 32.1 Å². The molecular weight excluding hydrogens is 240 g/mol. The summed E-state index contributed by atoms with van der Waals surface area (Å²) in [7, 11) is 2.14. The quantitative estimate of drug-likeness (QED) is 0.681. The van der Waals surface area contributed by atoms with Crippen LogP contribution in [-0.4, -0.2) is 61.3 Å². The highest BCUT2D eigenvalue weighted by molar-refractivity contribution is 5.80. The van der Waals surface area contributed by atoms with Crippen molar-refractivity contribution in [3.05, 3.63) is 0 Å². The molecule has 0 saturated heterocycles. The SMILES string of the molecule is CN(CCO)C1(CNC2=NCCCN2)CCCCC1. The third-order valence-electron chi connectivity index (χ3n) is 4.51. The predicted molar refractivity (Wildman–Crippen MR) is 78.5 cm³/mol. The van der Waals surface area contributed by atoms with Gasteiger partial charge in [-0.25, -0.2) is 0 Å². The average Bonchev–Trinajstić information content (AvgIpc) is 2.47. The minimum absolute atomic E-state index is 0.183. The van der Waals surface area contributed by atoms with Gasteiger partial charge in [0.2, 0.25) is 0 Å². The predicted octanol–water partition coefficient (Wildman–Crippen LogP) is 0.552. The lowest BCUT2D eigenvalue weighted by atomic mass is 9.80. The minimum Gasteiger partial charge on any atom is -0.395 e. The number of aliphatic hydroxyl groups is 1. The molecule has 0 bridgehead atoms. The molecule has 0 unspecified atom stereocenters. The molecule has 19 heavy (non-hydrogen) atoms. The van der Waals surface area contributed by atoms with Crippen molar-refractivity contribution in [3.63, 3.8) is 0 Å². The fraction of sp³-hybridized carbons (Fsp3) is 0.929. The Hall–Kier alpha value is -0.810. The molecule has 5 heteroatoms. The van der Waals surface area contributed by atoms with Crippen LogP contribution in [0.2, 0.25) is 0 Å². The lowest BCUT2D eigenvalue weighted by molar-refractivity contribution is 0.0617. The van der Waals surface area contributed by atoms with Crippen molar-refractivity contribution in [2.24, 2.45) is 4.99 Å². The second-order valence-electron chi connectivity index (χ2n) is 5.79. The summed E-state index contributed by atoms with van der Waals surface area (Å²) < 4.78 is 0. The summed E-state index contributed by atoms with van der Waals surface area (Å²) >= 11 is 0. The van der Waals surface area contributed by atoms with Gasteiger partial charge in [-0.3, -0.25) is 9.89 Å². The molecule has 0 radical (unpaired) electrons. The Balaban J connectivity index is 1.94. The lowest BCUT2D eigenvalue weighted by Gasteiger charge is -2.45. The monoisotopic (exact) mass is 268 g/mol. The van der Waals surface area contributed by atoms with E-state index in [4.69, 9.17) is 0 Å². The van der Waals surface area contributed by atoms with Crippen LogP contribution in [-0.2, 0) is 0 Å². The standard InChI is InChI=1S/C14H28N4O/c1-18(10-11-19)14(6-3-2-4-7-14)12-17-13-15-8-5-9-16-13/h19H,2-12H2,1H3,(H2,15,16,17). The van der Waals surface area contributed by atoms with Gasteiger partial charge in [-0.15, -0.1) is 0 Å². The number of rotatable bonds is 5. The molecule has 3 N–H and O–H groups in total. The Morgan fingerprint density at radius 1 is 1.32 bits per heavy atom. The first-order valence-corrected chi connectivity index (χ1v) is 7.61. The third-order valence-corrected chi connectivity index (χ3v) is 4.51. The molecule has 0 atom stereocenters. The molecule has 1 aliphatic heterocycles. The van der Waals surface area contributed by atoms with Gasteiger partial charge in [-0.2, -0.15) is 0 Å². The first-order valence-electron chi connectivity index (χ1n) is 7.61. The Morgan fingerprint density at radius 2 is 2.11 bits per heavy atom. The first-order chi connectivity index (χ1) is 9.27. The van der Waals surface area contributed by atoms with Gasteiger partial charge >= 0.3 is 0 Å². The maximum atomic E-state index is 9.20. The summed E-state index contributed by atoms with van der Waals surface area (Å²) in [4.78, 5) is 6.81. The molecule has 1 saturated carbocycles. The largest absolute Gasteiger partial charge is 0.395 e. The van der Waals surface area contributed by atoms with Crippen LogP contribution in [0.1, 0.15) is 38.5 Å². The number of hydrogen-bond acceptors (Lipinski definition) is 5. The van der Waals surface area contributed by atoms with Crippen molar-refractivity contribution < 1.29 is 5.11 Å². The van der Waals surface area contributed by atoms with Gasteiger partial charge in [0, 0.05) is 31.7 Å². The van der Waals surface area contributed by atoms with Crippen molar-refractivity contribution in [3.8, 4) is 0 Å². The zero-order valence-electron chi connectivity index (χ0n) is 12.1. The molecule has 0 amide bonds. The highest BCUT2D eigenvalue weighted by Crippen LogP contribution is 2.32. The molecule has 2 rings (SSSR count). The van der Waals surface area contributed by atoms with E-state index >= 15 is 0 Å². The van der Waals surface area contributed by atoms with Gasteiger partial charge < -0.3 is 15.7 Å². The summed E-state index contributed by atoms with van der Waals surface area (Å²) in [6, 6.07) is 0. The van der Waals surface area contributed by atoms with Gasteiger partial charge in [0.1, 0.15) is 0 Å². The Kier molecular flexibility index (Phi) is 5.45. The van der Waals surface area contributed by atoms with Crippen molar-refractivity contribution in [2.45, 2.75) is 44.1 Å². The maximum absolute atomic E-state index is 9.20. The Labute approximate surface area is 116 Å². The van der Waals surface area contributed by atoms with E-state index in [1.54, 1.807) is 0 Å². The maximum Gasteiger partial charge on any atom is 0.191 e. The van der Waals surface area contributed by atoms with E-state index in [9.17, 15) is 5.11 Å². The number of hydrogen-bond donors (Lipinski definition) is 3. The van der Waals surface area contributed by atoms with Gasteiger partial charge in [0.15, 0.2) is 5.96 Å². The van der Waals surface area contributed by atoms with Crippen LogP contribution >= 0.6 is 0 Å². The summed E-state index contributed by atoms with van der Waals surface area (Å²) in [5.74, 6) is 0.952. The molecule has 1 heterocycles. The number of likely N-dealkylation sites (N-methyl/N-ethyl adjacent to an activating group) is 1. The molecule has 1 fully saturated rings. The Bertz CT molecular complexity index is 300. The summed E-state index contributed by atoms with van der Waals surface area (Å²) in [6.07, 6.45) is 7.47. The van der Waals surface area contributed by atoms with Crippen LogP contribution in [0.4, 0.5) is 0 Å². The molecule has 0 aromatic rings. The zero-order valence-corrected chi connectivity index (χ0v) is 12.1. The van der Waals surface area contributed by atoms with Gasteiger partial charge in [-0.1, -0.05) is 19.3 Å². The fourth-order valence-electron chi connectivity index (χ4n) is 3.19. The van der Waals surface area contributed by atoms with E-state index in [2.05, 4.69) is 27.6 Å². The van der Waals surface area contributed by atoms with Crippen molar-refractivity contribution in [2.75, 3.05) is 39.8 Å². The average molecular weight is 268 g/mol. The first kappa shape index (κ1) is 14.6. The number of aliphatic imine (C=N–C) groups is 1. The van der Waals surface area contributed by atoms with Crippen LogP contribution in [0.5, 0.6) is 0 Å². The Morgan fingerprint density at radius 3 is 2.74 bits per heavy atom. The molecule has 0 aromatic heterocycles. The van der Waals surface area contributed by atoms with Gasteiger partial charge in [-0.05, 0) is 26.3 Å². The van der Waals surface area contributed by atoms with Crippen molar-refractivity contribution >= 4 is 5.96 Å². The second-order valence-corrected chi connectivity index (χ2v) is 5.79. The van der Waals surface area contributed by atoms with E-state index in [0.29, 0.717) is 0 Å². The molecule has 2 aliphatic rings. The van der Waals surface area contributed by atoms with Crippen LogP contribution < -0.4 is 10.6 Å². The highest BCUT2D eigenvalue weighted by Gasteiger charge is 2.35. The van der Waals surface area contributed by atoms with E-state index in [-0.39, 0.29) is 12.1 Å². The molecule has 1 aliphatic carbocycles. The molecule has 110 valence electrons. The second kappa shape index (κ2) is 7.10. The van der Waals surface area contributed by atoms with E-state index in [1.807, 2.05) is 0 Å². The minimum atomic E-state index is 0.183. The molecular formula is C14H28N4O. The van der Waals surface area contributed by atoms with Crippen LogP contribution in [0.25, 0.3) is 0 Å². The molecule has 0 spiro atoms. The highest BCUT2D eigenvalue weighted by atomic mass is 16.3. The van der Waals surface area contributed by atoms with Crippen LogP contribution in [0.15, 0.2) is 4.99 Å². The summed E-state index contributed by atoms with van der Waals surface area (Å²) in [6.45, 7) is 3.86. The van der Waals surface area contributed by atoms with Crippen molar-refractivity contribution in [1.29, 1.82) is 0 Å². The summed E-state index contributed by atoms with van der Waals surface area (Å²) in [5.41, 5.74) is 0.183. The van der Waals surface area contributed by atoms with Gasteiger partial charge in [0.25, 0.3) is 0 Å². The number of aliphatic hydroxyl groups excluding tert-OH is 1. The normalized spacial score (nSPS) is 22.8. The van der Waals surface area contributed by atoms with Gasteiger partial charge in [0.05, 0.1) is 6.61 Å². The smallest absolute Gasteiger partial charge is 0.191 e.